The lowest BCUT2D eigenvalue weighted by atomic mass is 10.1. The van der Waals surface area contributed by atoms with Gasteiger partial charge in [0.15, 0.2) is 0 Å². The first kappa shape index (κ1) is 17.9. The van der Waals surface area contributed by atoms with E-state index in [0.717, 1.165) is 16.8 Å². The van der Waals surface area contributed by atoms with Crippen LogP contribution in [0.1, 0.15) is 5.56 Å². The normalized spacial score (nSPS) is 11.3. The Morgan fingerprint density at radius 3 is 2.39 bits per heavy atom. The number of aryl methyl sites for hydroxylation is 1. The van der Waals surface area contributed by atoms with Gasteiger partial charge in [0.2, 0.25) is 0 Å². The second kappa shape index (κ2) is 7.24. The fourth-order valence-electron chi connectivity index (χ4n) is 3.01. The van der Waals surface area contributed by atoms with Crippen LogP contribution in [0.4, 0.5) is 5.69 Å². The number of benzene rings is 3. The van der Waals surface area contributed by atoms with Crippen LogP contribution in [-0.4, -0.2) is 28.6 Å². The third-order valence-corrected chi connectivity index (χ3v) is 5.75. The monoisotopic (exact) mass is 391 g/mol. The molecule has 4 rings (SSSR count). The molecule has 3 aromatic carbocycles. The number of tetrazole rings is 1. The topological polar surface area (TPSA) is 89.8 Å². The molecule has 0 saturated carbocycles. The molecule has 0 atom stereocenters. The van der Waals surface area contributed by atoms with Gasteiger partial charge in [0.05, 0.1) is 10.6 Å². The molecular weight excluding hydrogens is 374 g/mol. The van der Waals surface area contributed by atoms with Gasteiger partial charge in [-0.2, -0.15) is 0 Å². The Hall–Kier alpha value is -3.52. The van der Waals surface area contributed by atoms with Crippen molar-refractivity contribution in [2.24, 2.45) is 0 Å². The molecule has 8 heteroatoms. The average Bonchev–Trinajstić information content (AvgIpc) is 3.23. The number of nitrogens with zero attached hydrogens (tertiary/aromatic N) is 4. The number of aromatic nitrogens is 4. The molecule has 7 nitrogen and oxygen atoms in total. The minimum absolute atomic E-state index is 0.225. The van der Waals surface area contributed by atoms with Crippen molar-refractivity contribution in [3.05, 3.63) is 84.7 Å². The van der Waals surface area contributed by atoms with Crippen LogP contribution >= 0.6 is 0 Å². The fourth-order valence-corrected chi connectivity index (χ4v) is 4.30. The van der Waals surface area contributed by atoms with Crippen LogP contribution in [0, 0.1) is 6.92 Å². The Morgan fingerprint density at radius 2 is 1.68 bits per heavy atom. The molecule has 0 amide bonds. The lowest BCUT2D eigenvalue weighted by molar-refractivity contribution is 0.601. The van der Waals surface area contributed by atoms with E-state index in [1.54, 1.807) is 36.4 Å². The Morgan fingerprint density at radius 1 is 0.929 bits per heavy atom. The predicted octanol–water partition coefficient (Wildman–Crippen LogP) is 3.44. The van der Waals surface area contributed by atoms with E-state index < -0.39 is 10.0 Å². The van der Waals surface area contributed by atoms with Gasteiger partial charge in [0, 0.05) is 11.3 Å². The van der Waals surface area contributed by atoms with Gasteiger partial charge in [0.25, 0.3) is 10.0 Å². The van der Waals surface area contributed by atoms with Crippen LogP contribution in [-0.2, 0) is 10.0 Å². The summed E-state index contributed by atoms with van der Waals surface area (Å²) in [7, 11) is -3.77. The molecule has 1 N–H and O–H groups in total. The van der Waals surface area contributed by atoms with E-state index in [4.69, 9.17) is 0 Å². The summed E-state index contributed by atoms with van der Waals surface area (Å²) in [5, 5.41) is 11.1. The summed E-state index contributed by atoms with van der Waals surface area (Å²) in [5.74, 6) is 0. The van der Waals surface area contributed by atoms with Gasteiger partial charge in [-0.05, 0) is 52.7 Å². The summed E-state index contributed by atoms with van der Waals surface area (Å²) in [6.45, 7) is 1.87. The fraction of sp³-hybridized carbons (Fsp3) is 0.0500. The average molecular weight is 391 g/mol. The number of anilines is 1. The van der Waals surface area contributed by atoms with Crippen molar-refractivity contribution < 1.29 is 8.42 Å². The Kier molecular flexibility index (Phi) is 4.62. The molecule has 140 valence electrons. The largest absolute Gasteiger partial charge is 0.280 e. The van der Waals surface area contributed by atoms with Gasteiger partial charge in [-0.25, -0.2) is 13.1 Å². The summed E-state index contributed by atoms with van der Waals surface area (Å²) in [5.41, 5.74) is 3.57. The molecule has 1 heterocycles. The van der Waals surface area contributed by atoms with Crippen LogP contribution < -0.4 is 4.72 Å². The molecule has 0 spiro atoms. The van der Waals surface area contributed by atoms with E-state index in [1.807, 2.05) is 43.3 Å². The van der Waals surface area contributed by atoms with Gasteiger partial charge >= 0.3 is 0 Å². The summed E-state index contributed by atoms with van der Waals surface area (Å²) in [6.07, 6.45) is 1.49. The number of sulfonamides is 1. The minimum atomic E-state index is -3.77. The molecule has 4 aromatic rings. The van der Waals surface area contributed by atoms with E-state index in [9.17, 15) is 8.42 Å². The number of rotatable bonds is 5. The summed E-state index contributed by atoms with van der Waals surface area (Å²) >= 11 is 0. The van der Waals surface area contributed by atoms with Crippen molar-refractivity contribution in [2.75, 3.05) is 4.72 Å². The molecule has 0 aliphatic rings. The first-order valence-corrected chi connectivity index (χ1v) is 10.0. The third-order valence-electron chi connectivity index (χ3n) is 4.31. The lowest BCUT2D eigenvalue weighted by Gasteiger charge is -2.14. The number of nitrogens with one attached hydrogen (secondary N) is 1. The smallest absolute Gasteiger partial charge is 0.262 e. The molecule has 0 fully saturated rings. The van der Waals surface area contributed by atoms with Crippen molar-refractivity contribution in [1.29, 1.82) is 0 Å². The molecule has 28 heavy (non-hydrogen) atoms. The minimum Gasteiger partial charge on any atom is -0.280 e. The van der Waals surface area contributed by atoms with Crippen molar-refractivity contribution >= 4 is 15.7 Å². The van der Waals surface area contributed by atoms with Gasteiger partial charge in [0.1, 0.15) is 6.33 Å². The standard InChI is InChI=1S/C20H17N5O2S/c1-15-13-17(11-12-19(15)25-14-21-23-24-25)22-28(26,27)20-10-6-5-9-18(20)16-7-3-2-4-8-16/h2-14,22H,1H3. The van der Waals surface area contributed by atoms with Gasteiger partial charge in [-0.3, -0.25) is 4.72 Å². The predicted molar refractivity (Wildman–Crippen MR) is 107 cm³/mol. The highest BCUT2D eigenvalue weighted by Crippen LogP contribution is 2.29. The number of hydrogen-bond acceptors (Lipinski definition) is 5. The molecule has 0 bridgehead atoms. The molecule has 0 aliphatic heterocycles. The van der Waals surface area contributed by atoms with Crippen molar-refractivity contribution in [3.8, 4) is 16.8 Å². The summed E-state index contributed by atoms with van der Waals surface area (Å²) < 4.78 is 30.3. The highest BCUT2D eigenvalue weighted by molar-refractivity contribution is 7.92. The van der Waals surface area contributed by atoms with Crippen LogP contribution in [0.5, 0.6) is 0 Å². The summed E-state index contributed by atoms with van der Waals surface area (Å²) in [6, 6.07) is 21.6. The zero-order valence-corrected chi connectivity index (χ0v) is 15.8. The van der Waals surface area contributed by atoms with Crippen molar-refractivity contribution in [3.63, 3.8) is 0 Å². The van der Waals surface area contributed by atoms with Gasteiger partial charge in [-0.1, -0.05) is 48.5 Å². The quantitative estimate of drug-likeness (QED) is 0.563. The SMILES string of the molecule is Cc1cc(NS(=O)(=O)c2ccccc2-c2ccccc2)ccc1-n1cnnn1. The van der Waals surface area contributed by atoms with E-state index in [0.29, 0.717) is 11.3 Å². The Bertz CT molecular complexity index is 1210. The van der Waals surface area contributed by atoms with E-state index >= 15 is 0 Å². The highest BCUT2D eigenvalue weighted by atomic mass is 32.2. The third kappa shape index (κ3) is 3.49. The van der Waals surface area contributed by atoms with Crippen molar-refractivity contribution in [2.45, 2.75) is 11.8 Å². The van der Waals surface area contributed by atoms with E-state index in [-0.39, 0.29) is 4.90 Å². The molecule has 0 unspecified atom stereocenters. The van der Waals surface area contributed by atoms with E-state index in [1.165, 1.54) is 11.0 Å². The number of hydrogen-bond donors (Lipinski definition) is 1. The second-order valence-electron chi connectivity index (χ2n) is 6.22. The zero-order chi connectivity index (χ0) is 19.6. The maximum atomic E-state index is 13.1. The first-order valence-electron chi connectivity index (χ1n) is 8.56. The Labute approximate surface area is 162 Å². The van der Waals surface area contributed by atoms with Crippen LogP contribution in [0.15, 0.2) is 84.0 Å². The highest BCUT2D eigenvalue weighted by Gasteiger charge is 2.19. The van der Waals surface area contributed by atoms with E-state index in [2.05, 4.69) is 20.2 Å². The van der Waals surface area contributed by atoms with Crippen LogP contribution in [0.2, 0.25) is 0 Å². The molecule has 1 aromatic heterocycles. The van der Waals surface area contributed by atoms with Crippen molar-refractivity contribution in [1.82, 2.24) is 20.2 Å². The summed E-state index contributed by atoms with van der Waals surface area (Å²) in [4.78, 5) is 0.225. The molecule has 0 radical (unpaired) electrons. The lowest BCUT2D eigenvalue weighted by Crippen LogP contribution is -2.14. The first-order chi connectivity index (χ1) is 13.5. The zero-order valence-electron chi connectivity index (χ0n) is 15.0. The Balaban J connectivity index is 1.69. The molecule has 0 aliphatic carbocycles. The van der Waals surface area contributed by atoms with Gasteiger partial charge < -0.3 is 0 Å². The van der Waals surface area contributed by atoms with Crippen LogP contribution in [0.25, 0.3) is 16.8 Å². The second-order valence-corrected chi connectivity index (χ2v) is 7.87. The molecular formula is C20H17N5O2S. The van der Waals surface area contributed by atoms with Crippen LogP contribution in [0.3, 0.4) is 0 Å². The maximum Gasteiger partial charge on any atom is 0.262 e. The maximum absolute atomic E-state index is 13.1. The van der Waals surface area contributed by atoms with Gasteiger partial charge in [-0.15, -0.1) is 5.10 Å². The molecule has 0 saturated heterocycles.